The van der Waals surface area contributed by atoms with Gasteiger partial charge in [-0.15, -0.1) is 0 Å². The lowest BCUT2D eigenvalue weighted by atomic mass is 10.1. The number of rotatable bonds is 5. The van der Waals surface area contributed by atoms with Crippen molar-refractivity contribution in [1.29, 1.82) is 0 Å². The molecule has 6 nitrogen and oxygen atoms in total. The molecule has 1 atom stereocenters. The highest BCUT2D eigenvalue weighted by Crippen LogP contribution is 2.20. The van der Waals surface area contributed by atoms with Gasteiger partial charge in [0.1, 0.15) is 0 Å². The molecule has 0 N–H and O–H groups in total. The second kappa shape index (κ2) is 7.96. The molecule has 0 saturated carbocycles. The van der Waals surface area contributed by atoms with Crippen LogP contribution < -0.4 is 9.64 Å². The average molecular weight is 340 g/mol. The minimum absolute atomic E-state index is 0.113. The molecule has 2 aromatic heterocycles. The molecule has 1 fully saturated rings. The van der Waals surface area contributed by atoms with Crippen LogP contribution in [-0.2, 0) is 11.2 Å². The zero-order valence-electron chi connectivity index (χ0n) is 14.8. The lowest BCUT2D eigenvalue weighted by Crippen LogP contribution is -2.54. The Morgan fingerprint density at radius 1 is 1.24 bits per heavy atom. The summed E-state index contributed by atoms with van der Waals surface area (Å²) in [6.45, 7) is 6.89. The van der Waals surface area contributed by atoms with E-state index in [0.29, 0.717) is 25.5 Å². The molecule has 1 saturated heterocycles. The van der Waals surface area contributed by atoms with Crippen molar-refractivity contribution < 1.29 is 9.53 Å². The van der Waals surface area contributed by atoms with E-state index in [0.717, 1.165) is 24.5 Å². The Labute approximate surface area is 148 Å². The molecule has 25 heavy (non-hydrogen) atoms. The summed E-state index contributed by atoms with van der Waals surface area (Å²) in [5.41, 5.74) is 1.90. The third-order valence-corrected chi connectivity index (χ3v) is 4.38. The van der Waals surface area contributed by atoms with E-state index in [9.17, 15) is 4.79 Å². The Morgan fingerprint density at radius 2 is 2.04 bits per heavy atom. The van der Waals surface area contributed by atoms with Gasteiger partial charge in [-0.2, -0.15) is 0 Å². The van der Waals surface area contributed by atoms with Crippen LogP contribution in [0.15, 0.2) is 42.7 Å². The maximum atomic E-state index is 12.6. The summed E-state index contributed by atoms with van der Waals surface area (Å²) >= 11 is 0. The minimum Gasteiger partial charge on any atom is -0.478 e. The van der Waals surface area contributed by atoms with Crippen molar-refractivity contribution in [3.8, 4) is 5.88 Å². The van der Waals surface area contributed by atoms with Crippen molar-refractivity contribution in [2.45, 2.75) is 26.3 Å². The molecule has 0 spiro atoms. The first-order valence-corrected chi connectivity index (χ1v) is 8.70. The van der Waals surface area contributed by atoms with Crippen molar-refractivity contribution in [2.75, 3.05) is 31.1 Å². The van der Waals surface area contributed by atoms with Gasteiger partial charge >= 0.3 is 0 Å². The van der Waals surface area contributed by atoms with Crippen LogP contribution in [0.3, 0.4) is 0 Å². The predicted molar refractivity (Wildman–Crippen MR) is 96.7 cm³/mol. The van der Waals surface area contributed by atoms with E-state index >= 15 is 0 Å². The van der Waals surface area contributed by atoms with E-state index in [-0.39, 0.29) is 11.9 Å². The first kappa shape index (κ1) is 17.2. The Balaban J connectivity index is 1.60. The number of hydrogen-bond acceptors (Lipinski definition) is 5. The molecule has 0 aliphatic carbocycles. The second-order valence-corrected chi connectivity index (χ2v) is 6.16. The number of pyridine rings is 2. The number of hydrogen-bond donors (Lipinski definition) is 0. The lowest BCUT2D eigenvalue weighted by Gasteiger charge is -2.41. The Bertz CT molecular complexity index is 708. The van der Waals surface area contributed by atoms with Gasteiger partial charge in [0, 0.05) is 49.8 Å². The minimum atomic E-state index is 0.113. The number of nitrogens with zero attached hydrogens (tertiary/aromatic N) is 4. The average Bonchev–Trinajstić information content (AvgIpc) is 2.63. The van der Waals surface area contributed by atoms with Crippen LogP contribution in [0, 0.1) is 0 Å². The number of ether oxygens (including phenoxy) is 1. The van der Waals surface area contributed by atoms with Gasteiger partial charge in [0.25, 0.3) is 0 Å². The fourth-order valence-corrected chi connectivity index (χ4v) is 3.15. The van der Waals surface area contributed by atoms with Gasteiger partial charge in [-0.25, -0.2) is 4.98 Å². The quantitative estimate of drug-likeness (QED) is 0.835. The van der Waals surface area contributed by atoms with Gasteiger partial charge in [-0.3, -0.25) is 9.78 Å². The fraction of sp³-hybridized carbons (Fsp3) is 0.421. The van der Waals surface area contributed by atoms with Crippen molar-refractivity contribution in [2.24, 2.45) is 0 Å². The third kappa shape index (κ3) is 4.26. The van der Waals surface area contributed by atoms with Crippen LogP contribution in [-0.4, -0.2) is 53.1 Å². The van der Waals surface area contributed by atoms with E-state index < -0.39 is 0 Å². The maximum absolute atomic E-state index is 12.6. The lowest BCUT2D eigenvalue weighted by molar-refractivity contribution is -0.131. The molecule has 3 rings (SSSR count). The third-order valence-electron chi connectivity index (χ3n) is 4.38. The number of aromatic nitrogens is 2. The van der Waals surface area contributed by atoms with Crippen molar-refractivity contribution >= 4 is 11.6 Å². The number of amides is 1. The molecule has 0 bridgehead atoms. The van der Waals surface area contributed by atoms with Gasteiger partial charge in [0.2, 0.25) is 11.8 Å². The van der Waals surface area contributed by atoms with E-state index in [1.165, 1.54) is 0 Å². The smallest absolute Gasteiger partial charge is 0.228 e. The van der Waals surface area contributed by atoms with Gasteiger partial charge in [-0.1, -0.05) is 6.07 Å². The molecule has 1 aliphatic heterocycles. The molecule has 1 amide bonds. The standard InChI is InChI=1S/C19H24N4O2/c1-3-25-18-6-4-5-16(21-18)13-19(24)22-11-12-23(15(2)14-22)17-7-9-20-10-8-17/h4-10,15H,3,11-14H2,1-2H3. The molecule has 3 heterocycles. The molecule has 0 aromatic carbocycles. The van der Waals surface area contributed by atoms with Crippen LogP contribution >= 0.6 is 0 Å². The maximum Gasteiger partial charge on any atom is 0.228 e. The highest BCUT2D eigenvalue weighted by atomic mass is 16.5. The monoisotopic (exact) mass is 340 g/mol. The van der Waals surface area contributed by atoms with Crippen LogP contribution in [0.1, 0.15) is 19.5 Å². The number of carbonyl (C=O) groups is 1. The highest BCUT2D eigenvalue weighted by molar-refractivity contribution is 5.78. The van der Waals surface area contributed by atoms with Crippen LogP contribution in [0.5, 0.6) is 5.88 Å². The normalized spacial score (nSPS) is 17.4. The zero-order valence-corrected chi connectivity index (χ0v) is 14.8. The van der Waals surface area contributed by atoms with Crippen molar-refractivity contribution in [1.82, 2.24) is 14.9 Å². The van der Waals surface area contributed by atoms with Crippen molar-refractivity contribution in [3.63, 3.8) is 0 Å². The largest absolute Gasteiger partial charge is 0.478 e. The predicted octanol–water partition coefficient (Wildman–Crippen LogP) is 2.16. The van der Waals surface area contributed by atoms with Gasteiger partial charge in [0.05, 0.1) is 18.7 Å². The van der Waals surface area contributed by atoms with E-state index in [4.69, 9.17) is 4.74 Å². The van der Waals surface area contributed by atoms with E-state index in [1.807, 2.05) is 42.2 Å². The zero-order chi connectivity index (χ0) is 17.6. The van der Waals surface area contributed by atoms with Gasteiger partial charge in [-0.05, 0) is 32.0 Å². The summed E-state index contributed by atoms with van der Waals surface area (Å²) < 4.78 is 5.41. The summed E-state index contributed by atoms with van der Waals surface area (Å²) in [5.74, 6) is 0.686. The Morgan fingerprint density at radius 3 is 2.76 bits per heavy atom. The first-order valence-electron chi connectivity index (χ1n) is 8.70. The fourth-order valence-electron chi connectivity index (χ4n) is 3.15. The number of anilines is 1. The van der Waals surface area contributed by atoms with Crippen molar-refractivity contribution in [3.05, 3.63) is 48.4 Å². The molecule has 1 unspecified atom stereocenters. The molecule has 2 aromatic rings. The summed E-state index contributed by atoms with van der Waals surface area (Å²) in [7, 11) is 0. The Kier molecular flexibility index (Phi) is 5.48. The number of piperazine rings is 1. The highest BCUT2D eigenvalue weighted by Gasteiger charge is 2.27. The molecular weight excluding hydrogens is 316 g/mol. The van der Waals surface area contributed by atoms with Crippen LogP contribution in [0.4, 0.5) is 5.69 Å². The first-order chi connectivity index (χ1) is 12.2. The molecule has 132 valence electrons. The van der Waals surface area contributed by atoms with E-state index in [1.54, 1.807) is 12.4 Å². The summed E-state index contributed by atoms with van der Waals surface area (Å²) in [5, 5.41) is 0. The summed E-state index contributed by atoms with van der Waals surface area (Å²) in [6.07, 6.45) is 3.91. The molecule has 0 radical (unpaired) electrons. The van der Waals surface area contributed by atoms with Crippen LogP contribution in [0.25, 0.3) is 0 Å². The van der Waals surface area contributed by atoms with Gasteiger partial charge < -0.3 is 14.5 Å². The number of carbonyl (C=O) groups excluding carboxylic acids is 1. The molecule has 6 heteroatoms. The molecular formula is C19H24N4O2. The topological polar surface area (TPSA) is 58.6 Å². The second-order valence-electron chi connectivity index (χ2n) is 6.16. The summed E-state index contributed by atoms with van der Waals surface area (Å²) in [6, 6.07) is 9.85. The Hall–Kier alpha value is -2.63. The molecule has 1 aliphatic rings. The van der Waals surface area contributed by atoms with Gasteiger partial charge in [0.15, 0.2) is 0 Å². The summed E-state index contributed by atoms with van der Waals surface area (Å²) in [4.78, 5) is 25.3. The SMILES string of the molecule is CCOc1cccc(CC(=O)N2CCN(c3ccncc3)C(C)C2)n1. The van der Waals surface area contributed by atoms with Crippen LogP contribution in [0.2, 0.25) is 0 Å². The van der Waals surface area contributed by atoms with E-state index in [2.05, 4.69) is 21.8 Å².